The molecule has 0 aliphatic carbocycles. The molecule has 3 aromatic rings. The number of benzene rings is 2. The molecule has 8 heteroatoms. The number of halogens is 2. The van der Waals surface area contributed by atoms with E-state index in [9.17, 15) is 13.6 Å². The summed E-state index contributed by atoms with van der Waals surface area (Å²) in [7, 11) is 0. The Hall–Kier alpha value is -2.74. The van der Waals surface area contributed by atoms with Gasteiger partial charge in [0, 0.05) is 6.07 Å². The molecule has 3 rings (SSSR count). The Morgan fingerprint density at radius 1 is 1.18 bits per heavy atom. The van der Waals surface area contributed by atoms with Gasteiger partial charge in [0.05, 0.1) is 16.7 Å². The van der Waals surface area contributed by atoms with Crippen LogP contribution in [0.15, 0.2) is 42.5 Å². The van der Waals surface area contributed by atoms with Crippen molar-refractivity contribution in [3.8, 4) is 0 Å². The zero-order chi connectivity index (χ0) is 15.7. The number of imidazole rings is 1. The molecule has 0 bridgehead atoms. The summed E-state index contributed by atoms with van der Waals surface area (Å²) in [5, 5.41) is 2.29. The second kappa shape index (κ2) is 5.57. The number of hydrogen-bond donors (Lipinski definition) is 3. The summed E-state index contributed by atoms with van der Waals surface area (Å²) in [6.07, 6.45) is 0. The number of anilines is 1. The molecule has 0 saturated heterocycles. The molecule has 0 aliphatic rings. The van der Waals surface area contributed by atoms with Gasteiger partial charge >= 0.3 is 6.03 Å². The first-order valence-electron chi connectivity index (χ1n) is 6.27. The van der Waals surface area contributed by atoms with Gasteiger partial charge in [0.25, 0.3) is 0 Å². The number of aromatic amines is 1. The van der Waals surface area contributed by atoms with Gasteiger partial charge in [-0.15, -0.1) is 0 Å². The molecule has 22 heavy (non-hydrogen) atoms. The minimum absolute atomic E-state index is 0.134. The van der Waals surface area contributed by atoms with E-state index in [2.05, 4.69) is 15.7 Å². The second-order valence-electron chi connectivity index (χ2n) is 4.47. The highest BCUT2D eigenvalue weighted by atomic mass is 32.1. The third-order valence-electron chi connectivity index (χ3n) is 2.98. The van der Waals surface area contributed by atoms with Crippen molar-refractivity contribution in [2.45, 2.75) is 0 Å². The molecule has 2 aromatic carbocycles. The van der Waals surface area contributed by atoms with Crippen molar-refractivity contribution in [3.05, 3.63) is 58.9 Å². The maximum Gasteiger partial charge on any atom is 0.338 e. The number of carbonyl (C=O) groups excluding carboxylic acids is 1. The van der Waals surface area contributed by atoms with Gasteiger partial charge < -0.3 is 10.3 Å². The number of urea groups is 1. The maximum absolute atomic E-state index is 13.5. The van der Waals surface area contributed by atoms with Crippen LogP contribution < -0.4 is 10.7 Å². The number of fused-ring (bicyclic) bond motifs is 1. The number of aromatic nitrogens is 2. The number of carbonyl (C=O) groups is 1. The van der Waals surface area contributed by atoms with Gasteiger partial charge in [0.1, 0.15) is 11.6 Å². The van der Waals surface area contributed by atoms with E-state index in [1.54, 1.807) is 18.2 Å². The predicted octanol–water partition coefficient (Wildman–Crippen LogP) is 3.75. The van der Waals surface area contributed by atoms with E-state index in [-0.39, 0.29) is 10.5 Å². The highest BCUT2D eigenvalue weighted by Crippen LogP contribution is 2.15. The van der Waals surface area contributed by atoms with Gasteiger partial charge in [-0.05, 0) is 36.5 Å². The Balaban J connectivity index is 1.84. The molecular formula is C14H10F2N4OS. The zero-order valence-corrected chi connectivity index (χ0v) is 11.9. The summed E-state index contributed by atoms with van der Waals surface area (Å²) >= 11 is 5.12. The first-order valence-corrected chi connectivity index (χ1v) is 6.68. The Morgan fingerprint density at radius 3 is 2.73 bits per heavy atom. The normalized spacial score (nSPS) is 10.6. The van der Waals surface area contributed by atoms with Crippen molar-refractivity contribution >= 4 is 35.0 Å². The molecule has 3 N–H and O–H groups in total. The summed E-state index contributed by atoms with van der Waals surface area (Å²) < 4.78 is 28.0. The van der Waals surface area contributed by atoms with Crippen molar-refractivity contribution < 1.29 is 13.6 Å². The summed E-state index contributed by atoms with van der Waals surface area (Å²) in [6.45, 7) is 0. The molecule has 0 unspecified atom stereocenters. The van der Waals surface area contributed by atoms with Crippen LogP contribution in [0.4, 0.5) is 19.3 Å². The summed E-state index contributed by atoms with van der Waals surface area (Å²) in [5.41, 5.74) is 3.78. The number of nitrogens with one attached hydrogen (secondary N) is 3. The van der Waals surface area contributed by atoms with Gasteiger partial charge in [-0.3, -0.25) is 0 Å². The van der Waals surface area contributed by atoms with E-state index < -0.39 is 17.7 Å². The Bertz CT molecular complexity index is 919. The van der Waals surface area contributed by atoms with Crippen LogP contribution >= 0.6 is 12.2 Å². The van der Waals surface area contributed by atoms with Gasteiger partial charge in [0.15, 0.2) is 4.77 Å². The Kier molecular flexibility index (Phi) is 3.60. The van der Waals surface area contributed by atoms with E-state index >= 15 is 0 Å². The third-order valence-corrected chi connectivity index (χ3v) is 3.27. The number of hydrogen-bond acceptors (Lipinski definition) is 2. The second-order valence-corrected chi connectivity index (χ2v) is 4.86. The molecule has 0 aliphatic heterocycles. The van der Waals surface area contributed by atoms with Crippen molar-refractivity contribution in [2.24, 2.45) is 0 Å². The van der Waals surface area contributed by atoms with E-state index in [1.807, 2.05) is 6.07 Å². The van der Waals surface area contributed by atoms with Gasteiger partial charge in [-0.1, -0.05) is 12.1 Å². The van der Waals surface area contributed by atoms with E-state index in [0.29, 0.717) is 11.6 Å². The quantitative estimate of drug-likeness (QED) is 0.630. The minimum Gasteiger partial charge on any atom is -0.329 e. The lowest BCUT2D eigenvalue weighted by Gasteiger charge is -2.09. The molecule has 2 amide bonds. The number of rotatable bonds is 2. The van der Waals surface area contributed by atoms with Crippen LogP contribution in [-0.2, 0) is 0 Å². The van der Waals surface area contributed by atoms with E-state index in [0.717, 1.165) is 17.6 Å². The van der Waals surface area contributed by atoms with Gasteiger partial charge in [0.2, 0.25) is 0 Å². The fourth-order valence-electron chi connectivity index (χ4n) is 2.01. The van der Waals surface area contributed by atoms with Crippen molar-refractivity contribution in [2.75, 3.05) is 10.7 Å². The van der Waals surface area contributed by atoms with Crippen LogP contribution in [0.1, 0.15) is 0 Å². The number of amides is 2. The molecule has 112 valence electrons. The topological polar surface area (TPSA) is 61.9 Å². The first kappa shape index (κ1) is 14.2. The number of H-pyrrole nitrogens is 1. The highest BCUT2D eigenvalue weighted by molar-refractivity contribution is 7.71. The van der Waals surface area contributed by atoms with Crippen LogP contribution in [0.2, 0.25) is 0 Å². The first-order chi connectivity index (χ1) is 10.5. The molecule has 1 aromatic heterocycles. The fraction of sp³-hybridized carbons (Fsp3) is 0. The van der Waals surface area contributed by atoms with Crippen LogP contribution in [0.25, 0.3) is 11.0 Å². The number of para-hydroxylation sites is 2. The Morgan fingerprint density at radius 2 is 1.95 bits per heavy atom. The molecule has 0 spiro atoms. The van der Waals surface area contributed by atoms with Crippen LogP contribution in [-0.4, -0.2) is 15.7 Å². The van der Waals surface area contributed by atoms with Gasteiger partial charge in [-0.2, -0.15) is 0 Å². The lowest BCUT2D eigenvalue weighted by molar-refractivity contribution is 0.259. The molecule has 1 heterocycles. The monoisotopic (exact) mass is 320 g/mol. The molecular weight excluding hydrogens is 310 g/mol. The SMILES string of the molecule is O=C(Nc1ccc(F)cc1F)Nn1c(=S)[nH]c2ccccc21. The number of nitrogens with zero attached hydrogens (tertiary/aromatic N) is 1. The zero-order valence-electron chi connectivity index (χ0n) is 11.1. The van der Waals surface area contributed by atoms with Crippen molar-refractivity contribution in [3.63, 3.8) is 0 Å². The molecule has 0 saturated carbocycles. The highest BCUT2D eigenvalue weighted by Gasteiger charge is 2.10. The average molecular weight is 320 g/mol. The van der Waals surface area contributed by atoms with Gasteiger partial charge in [-0.25, -0.2) is 23.7 Å². The lowest BCUT2D eigenvalue weighted by atomic mass is 10.3. The summed E-state index contributed by atoms with van der Waals surface area (Å²) in [5.74, 6) is -1.58. The Labute approximate surface area is 128 Å². The average Bonchev–Trinajstić information content (AvgIpc) is 2.78. The molecule has 5 nitrogen and oxygen atoms in total. The molecule has 0 fully saturated rings. The fourth-order valence-corrected chi connectivity index (χ4v) is 2.26. The maximum atomic E-state index is 13.5. The molecule has 0 atom stereocenters. The minimum atomic E-state index is -0.863. The van der Waals surface area contributed by atoms with Crippen LogP contribution in [0, 0.1) is 16.4 Å². The molecule has 0 radical (unpaired) electrons. The third kappa shape index (κ3) is 2.68. The lowest BCUT2D eigenvalue weighted by Crippen LogP contribution is -2.28. The van der Waals surface area contributed by atoms with Crippen molar-refractivity contribution in [1.29, 1.82) is 0 Å². The smallest absolute Gasteiger partial charge is 0.329 e. The van der Waals surface area contributed by atoms with Crippen molar-refractivity contribution in [1.82, 2.24) is 9.66 Å². The van der Waals surface area contributed by atoms with E-state index in [4.69, 9.17) is 12.2 Å². The van der Waals surface area contributed by atoms with Crippen LogP contribution in [0.5, 0.6) is 0 Å². The standard InChI is InChI=1S/C14H10F2N4OS/c15-8-5-6-10(9(16)7-8)17-13(21)19-20-12-4-2-1-3-11(12)18-14(20)22/h1-7H,(H,18,22)(H2,17,19,21). The van der Waals surface area contributed by atoms with E-state index in [1.165, 1.54) is 4.68 Å². The summed E-state index contributed by atoms with van der Waals surface area (Å²) in [4.78, 5) is 14.9. The largest absolute Gasteiger partial charge is 0.338 e. The predicted molar refractivity (Wildman–Crippen MR) is 81.9 cm³/mol. The van der Waals surface area contributed by atoms with Crippen LogP contribution in [0.3, 0.4) is 0 Å². The summed E-state index contributed by atoms with van der Waals surface area (Å²) in [6, 6.07) is 9.36.